The van der Waals surface area contributed by atoms with Crippen LogP contribution in [0.2, 0.25) is 0 Å². The molecule has 14 heavy (non-hydrogen) atoms. The summed E-state index contributed by atoms with van der Waals surface area (Å²) in [7, 11) is 0. The lowest BCUT2D eigenvalue weighted by Crippen LogP contribution is -2.55. The van der Waals surface area contributed by atoms with Crippen molar-refractivity contribution in [3.8, 4) is 0 Å². The Morgan fingerprint density at radius 2 is 2.14 bits per heavy atom. The number of piperidine rings is 1. The third kappa shape index (κ3) is 2.47. The summed E-state index contributed by atoms with van der Waals surface area (Å²) in [4.78, 5) is 14.0. The third-order valence-electron chi connectivity index (χ3n) is 2.91. The number of carbonyl (C=O) groups is 1. The standard InChI is InChI=1S/C11H22N2O/c1-4-9-7-5-6-8-13(9)10(14)11(2,3)12/h9H,4-8,12H2,1-3H3/t9-/m1/s1. The van der Waals surface area contributed by atoms with Crippen molar-refractivity contribution < 1.29 is 4.79 Å². The summed E-state index contributed by atoms with van der Waals surface area (Å²) in [6.07, 6.45) is 4.55. The molecule has 0 bridgehead atoms. The molecule has 3 heteroatoms. The Morgan fingerprint density at radius 1 is 1.50 bits per heavy atom. The van der Waals surface area contributed by atoms with E-state index in [2.05, 4.69) is 6.92 Å². The normalized spacial score (nSPS) is 23.7. The van der Waals surface area contributed by atoms with Crippen LogP contribution >= 0.6 is 0 Å². The molecular formula is C11H22N2O. The first-order chi connectivity index (χ1) is 6.46. The summed E-state index contributed by atoms with van der Waals surface area (Å²) in [6.45, 7) is 6.60. The SMILES string of the molecule is CC[C@@H]1CCCCN1C(=O)C(C)(C)N. The van der Waals surface area contributed by atoms with E-state index in [4.69, 9.17) is 5.73 Å². The first-order valence-corrected chi connectivity index (χ1v) is 5.56. The van der Waals surface area contributed by atoms with Gasteiger partial charge in [-0.05, 0) is 39.5 Å². The molecular weight excluding hydrogens is 176 g/mol. The highest BCUT2D eigenvalue weighted by Gasteiger charge is 2.32. The van der Waals surface area contributed by atoms with Crippen molar-refractivity contribution in [2.24, 2.45) is 5.73 Å². The molecule has 0 saturated carbocycles. The van der Waals surface area contributed by atoms with E-state index >= 15 is 0 Å². The van der Waals surface area contributed by atoms with E-state index in [-0.39, 0.29) is 5.91 Å². The van der Waals surface area contributed by atoms with Crippen LogP contribution in [-0.2, 0) is 4.79 Å². The smallest absolute Gasteiger partial charge is 0.242 e. The topological polar surface area (TPSA) is 46.3 Å². The summed E-state index contributed by atoms with van der Waals surface area (Å²) >= 11 is 0. The van der Waals surface area contributed by atoms with Gasteiger partial charge in [0.2, 0.25) is 5.91 Å². The number of nitrogens with two attached hydrogens (primary N) is 1. The zero-order chi connectivity index (χ0) is 10.8. The average Bonchev–Trinajstić information content (AvgIpc) is 2.15. The maximum atomic E-state index is 12.0. The minimum atomic E-state index is -0.718. The van der Waals surface area contributed by atoms with Gasteiger partial charge >= 0.3 is 0 Å². The molecule has 1 aliphatic rings. The average molecular weight is 198 g/mol. The molecule has 1 fully saturated rings. The minimum absolute atomic E-state index is 0.101. The third-order valence-corrected chi connectivity index (χ3v) is 2.91. The molecule has 0 aromatic rings. The highest BCUT2D eigenvalue weighted by molar-refractivity contribution is 5.85. The van der Waals surface area contributed by atoms with Crippen LogP contribution in [0.15, 0.2) is 0 Å². The van der Waals surface area contributed by atoms with Crippen molar-refractivity contribution in [2.45, 2.75) is 58.0 Å². The van der Waals surface area contributed by atoms with Crippen LogP contribution in [0.3, 0.4) is 0 Å². The number of nitrogens with zero attached hydrogens (tertiary/aromatic N) is 1. The maximum absolute atomic E-state index is 12.0. The van der Waals surface area contributed by atoms with Crippen molar-refractivity contribution in [3.05, 3.63) is 0 Å². The van der Waals surface area contributed by atoms with Gasteiger partial charge in [-0.3, -0.25) is 4.79 Å². The summed E-state index contributed by atoms with van der Waals surface area (Å²) < 4.78 is 0. The Bertz CT molecular complexity index is 208. The quantitative estimate of drug-likeness (QED) is 0.731. The number of amides is 1. The molecule has 2 N–H and O–H groups in total. The molecule has 1 aliphatic heterocycles. The lowest BCUT2D eigenvalue weighted by Gasteiger charge is -2.38. The lowest BCUT2D eigenvalue weighted by molar-refractivity contribution is -0.139. The fraction of sp³-hybridized carbons (Fsp3) is 0.909. The fourth-order valence-electron chi connectivity index (χ4n) is 2.06. The Labute approximate surface area is 86.6 Å². The number of likely N-dealkylation sites (tertiary alicyclic amines) is 1. The molecule has 1 atom stereocenters. The van der Waals surface area contributed by atoms with Crippen molar-refractivity contribution in [3.63, 3.8) is 0 Å². The van der Waals surface area contributed by atoms with Crippen molar-refractivity contribution in [1.82, 2.24) is 4.90 Å². The number of hydrogen-bond acceptors (Lipinski definition) is 2. The Kier molecular flexibility index (Phi) is 3.53. The van der Waals surface area contributed by atoms with Crippen molar-refractivity contribution >= 4 is 5.91 Å². The zero-order valence-corrected chi connectivity index (χ0v) is 9.55. The molecule has 1 rings (SSSR count). The second-order valence-corrected chi connectivity index (χ2v) is 4.78. The van der Waals surface area contributed by atoms with Gasteiger partial charge in [0.05, 0.1) is 5.54 Å². The van der Waals surface area contributed by atoms with E-state index < -0.39 is 5.54 Å². The highest BCUT2D eigenvalue weighted by Crippen LogP contribution is 2.21. The van der Waals surface area contributed by atoms with Gasteiger partial charge in [-0.15, -0.1) is 0 Å². The number of rotatable bonds is 2. The van der Waals surface area contributed by atoms with Crippen LogP contribution in [0.5, 0.6) is 0 Å². The van der Waals surface area contributed by atoms with Crippen LogP contribution in [0, 0.1) is 0 Å². The zero-order valence-electron chi connectivity index (χ0n) is 9.55. The van der Waals surface area contributed by atoms with E-state index in [1.165, 1.54) is 6.42 Å². The first kappa shape index (κ1) is 11.5. The molecule has 0 aromatic carbocycles. The molecule has 0 unspecified atom stereocenters. The molecule has 0 radical (unpaired) electrons. The maximum Gasteiger partial charge on any atom is 0.242 e. The molecule has 82 valence electrons. The van der Waals surface area contributed by atoms with Crippen LogP contribution in [0.25, 0.3) is 0 Å². The first-order valence-electron chi connectivity index (χ1n) is 5.56. The van der Waals surface area contributed by atoms with Crippen molar-refractivity contribution in [1.29, 1.82) is 0 Å². The van der Waals surface area contributed by atoms with E-state index in [0.29, 0.717) is 6.04 Å². The summed E-state index contributed by atoms with van der Waals surface area (Å²) in [6, 6.07) is 0.416. The van der Waals surface area contributed by atoms with Gasteiger partial charge in [0.15, 0.2) is 0 Å². The molecule has 0 spiro atoms. The molecule has 1 heterocycles. The van der Waals surface area contributed by atoms with E-state index in [1.54, 1.807) is 13.8 Å². The lowest BCUT2D eigenvalue weighted by atomic mass is 9.96. The molecule has 0 aliphatic carbocycles. The van der Waals surface area contributed by atoms with E-state index in [0.717, 1.165) is 25.8 Å². The Hall–Kier alpha value is -0.570. The van der Waals surface area contributed by atoms with Gasteiger partial charge in [0.1, 0.15) is 0 Å². The largest absolute Gasteiger partial charge is 0.338 e. The highest BCUT2D eigenvalue weighted by atomic mass is 16.2. The minimum Gasteiger partial charge on any atom is -0.338 e. The van der Waals surface area contributed by atoms with E-state index in [9.17, 15) is 4.79 Å². The van der Waals surface area contributed by atoms with Crippen LogP contribution in [0.4, 0.5) is 0 Å². The predicted molar refractivity (Wildman–Crippen MR) is 57.9 cm³/mol. The second kappa shape index (κ2) is 4.30. The number of carbonyl (C=O) groups excluding carboxylic acids is 1. The second-order valence-electron chi connectivity index (χ2n) is 4.78. The van der Waals surface area contributed by atoms with Gasteiger partial charge in [0.25, 0.3) is 0 Å². The van der Waals surface area contributed by atoms with Crippen LogP contribution in [-0.4, -0.2) is 28.9 Å². The van der Waals surface area contributed by atoms with Gasteiger partial charge in [0, 0.05) is 12.6 Å². The van der Waals surface area contributed by atoms with Crippen LogP contribution in [0.1, 0.15) is 46.5 Å². The summed E-state index contributed by atoms with van der Waals surface area (Å²) in [5.41, 5.74) is 5.12. The molecule has 1 saturated heterocycles. The van der Waals surface area contributed by atoms with E-state index in [1.807, 2.05) is 4.90 Å². The Balaban J connectivity index is 2.69. The van der Waals surface area contributed by atoms with Gasteiger partial charge in [-0.1, -0.05) is 6.92 Å². The summed E-state index contributed by atoms with van der Waals surface area (Å²) in [5.74, 6) is 0.101. The van der Waals surface area contributed by atoms with Crippen LogP contribution < -0.4 is 5.73 Å². The van der Waals surface area contributed by atoms with Gasteiger partial charge in [-0.2, -0.15) is 0 Å². The van der Waals surface area contributed by atoms with Gasteiger partial charge in [-0.25, -0.2) is 0 Å². The molecule has 0 aromatic heterocycles. The number of hydrogen-bond donors (Lipinski definition) is 1. The molecule has 3 nitrogen and oxygen atoms in total. The summed E-state index contributed by atoms with van der Waals surface area (Å²) in [5, 5.41) is 0. The molecule has 1 amide bonds. The Morgan fingerprint density at radius 3 is 2.64 bits per heavy atom. The predicted octanol–water partition coefficient (Wildman–Crippen LogP) is 1.51. The van der Waals surface area contributed by atoms with Crippen molar-refractivity contribution in [2.75, 3.05) is 6.54 Å². The van der Waals surface area contributed by atoms with Gasteiger partial charge < -0.3 is 10.6 Å². The fourth-order valence-corrected chi connectivity index (χ4v) is 2.06. The monoisotopic (exact) mass is 198 g/mol.